The Morgan fingerprint density at radius 2 is 1.24 bits per heavy atom. The minimum absolute atomic E-state index is 0.240. The highest BCUT2D eigenvalue weighted by atomic mass is 16.6. The van der Waals surface area contributed by atoms with Gasteiger partial charge in [0.2, 0.25) is 0 Å². The van der Waals surface area contributed by atoms with Crippen LogP contribution >= 0.6 is 0 Å². The number of carbonyl (C=O) groups excluding carboxylic acids is 2. The zero-order valence-electron chi connectivity index (χ0n) is 24.8. The predicted molar refractivity (Wildman–Crippen MR) is 149 cm³/mol. The van der Waals surface area contributed by atoms with Crippen molar-refractivity contribution in [3.05, 3.63) is 0 Å². The number of unbranched alkanes of at least 4 members (excludes halogenated alkanes) is 2. The maximum atomic E-state index is 13.0. The van der Waals surface area contributed by atoms with Crippen LogP contribution in [0, 0.1) is 29.6 Å². The lowest BCUT2D eigenvalue weighted by Gasteiger charge is -2.33. The summed E-state index contributed by atoms with van der Waals surface area (Å²) in [6.45, 7) is 13.8. The number of hydrogen-bond acceptors (Lipinski definition) is 6. The summed E-state index contributed by atoms with van der Waals surface area (Å²) in [7, 11) is 0. The van der Waals surface area contributed by atoms with E-state index in [0.717, 1.165) is 50.4 Å². The number of ether oxygens (including phenoxy) is 4. The third kappa shape index (κ3) is 16.4. The van der Waals surface area contributed by atoms with Gasteiger partial charge in [0.25, 0.3) is 0 Å². The maximum Gasteiger partial charge on any atom is 0.309 e. The van der Waals surface area contributed by atoms with Gasteiger partial charge in [-0.15, -0.1) is 0 Å². The molecule has 0 spiro atoms. The number of hydrogen-bond donors (Lipinski definition) is 0. The quantitative estimate of drug-likeness (QED) is 0.108. The third-order valence-electron chi connectivity index (χ3n) is 7.58. The summed E-state index contributed by atoms with van der Waals surface area (Å²) in [6.07, 6.45) is 14.0. The summed E-state index contributed by atoms with van der Waals surface area (Å²) >= 11 is 0. The van der Waals surface area contributed by atoms with Crippen LogP contribution in [-0.2, 0) is 28.5 Å². The van der Waals surface area contributed by atoms with Crippen molar-refractivity contribution in [3.8, 4) is 0 Å². The van der Waals surface area contributed by atoms with E-state index in [9.17, 15) is 9.59 Å². The molecule has 1 saturated carbocycles. The van der Waals surface area contributed by atoms with Crippen LogP contribution in [0.5, 0.6) is 0 Å². The fourth-order valence-electron chi connectivity index (χ4n) is 5.15. The van der Waals surface area contributed by atoms with Gasteiger partial charge in [0.15, 0.2) is 0 Å². The highest BCUT2D eigenvalue weighted by Gasteiger charge is 2.41. The van der Waals surface area contributed by atoms with Crippen LogP contribution < -0.4 is 0 Å². The van der Waals surface area contributed by atoms with Gasteiger partial charge < -0.3 is 18.9 Å². The van der Waals surface area contributed by atoms with Gasteiger partial charge in [0.1, 0.15) is 13.2 Å². The van der Waals surface area contributed by atoms with Crippen LogP contribution in [-0.4, -0.2) is 51.6 Å². The SMILES string of the molecule is CCCCOCCOC(=O)C1CCC(CCCC(C)CCCC(C)C)CC1C(=O)OCCOCCCC. The Hall–Kier alpha value is -1.14. The van der Waals surface area contributed by atoms with Gasteiger partial charge in [-0.05, 0) is 49.9 Å². The molecule has 0 bridgehead atoms. The fourth-order valence-corrected chi connectivity index (χ4v) is 5.15. The number of carbonyl (C=O) groups is 2. The summed E-state index contributed by atoms with van der Waals surface area (Å²) in [5.74, 6) is 0.592. The lowest BCUT2D eigenvalue weighted by Crippen LogP contribution is -2.38. The molecule has 0 amide bonds. The molecule has 0 N–H and O–H groups in total. The maximum absolute atomic E-state index is 13.0. The van der Waals surface area contributed by atoms with Crippen molar-refractivity contribution in [1.29, 1.82) is 0 Å². The lowest BCUT2D eigenvalue weighted by atomic mass is 9.72. The summed E-state index contributed by atoms with van der Waals surface area (Å²) in [5, 5.41) is 0. The molecule has 0 aromatic heterocycles. The van der Waals surface area contributed by atoms with Crippen molar-refractivity contribution < 1.29 is 28.5 Å². The zero-order chi connectivity index (χ0) is 27.3. The van der Waals surface area contributed by atoms with Crippen LogP contribution in [0.25, 0.3) is 0 Å². The van der Waals surface area contributed by atoms with Crippen LogP contribution in [0.4, 0.5) is 0 Å². The molecule has 0 aromatic carbocycles. The second-order valence-corrected chi connectivity index (χ2v) is 11.5. The molecule has 4 unspecified atom stereocenters. The van der Waals surface area contributed by atoms with Crippen molar-refractivity contribution >= 4 is 11.9 Å². The molecule has 0 heterocycles. The first-order valence-corrected chi connectivity index (χ1v) is 15.4. The van der Waals surface area contributed by atoms with Gasteiger partial charge in [-0.25, -0.2) is 0 Å². The molecule has 218 valence electrons. The van der Waals surface area contributed by atoms with Crippen LogP contribution in [0.2, 0.25) is 0 Å². The Labute approximate surface area is 227 Å². The zero-order valence-corrected chi connectivity index (χ0v) is 24.8. The van der Waals surface area contributed by atoms with E-state index < -0.39 is 11.8 Å². The average Bonchev–Trinajstić information content (AvgIpc) is 2.87. The molecule has 4 atom stereocenters. The lowest BCUT2D eigenvalue weighted by molar-refractivity contribution is -0.165. The third-order valence-corrected chi connectivity index (χ3v) is 7.58. The Morgan fingerprint density at radius 3 is 1.81 bits per heavy atom. The van der Waals surface area contributed by atoms with E-state index >= 15 is 0 Å². The molecule has 1 fully saturated rings. The average molecular weight is 527 g/mol. The summed E-state index contributed by atoms with van der Waals surface area (Å²) in [6, 6.07) is 0. The van der Waals surface area contributed by atoms with Gasteiger partial charge in [0, 0.05) is 13.2 Å². The Morgan fingerprint density at radius 1 is 0.676 bits per heavy atom. The normalized spacial score (nSPS) is 20.6. The second kappa shape index (κ2) is 21.8. The van der Waals surface area contributed by atoms with Crippen molar-refractivity contribution in [1.82, 2.24) is 0 Å². The first-order valence-electron chi connectivity index (χ1n) is 15.4. The topological polar surface area (TPSA) is 71.1 Å². The standard InChI is InChI=1S/C31H58O6/c1-6-8-18-34-20-22-36-30(32)28-17-16-27(15-11-14-26(5)13-10-12-25(3)4)24-29(28)31(33)37-23-21-35-19-9-7-2/h25-29H,6-24H2,1-5H3. The summed E-state index contributed by atoms with van der Waals surface area (Å²) in [5.41, 5.74) is 0. The van der Waals surface area contributed by atoms with E-state index in [-0.39, 0.29) is 25.2 Å². The van der Waals surface area contributed by atoms with E-state index in [0.29, 0.717) is 45.2 Å². The molecular weight excluding hydrogens is 468 g/mol. The summed E-state index contributed by atoms with van der Waals surface area (Å²) in [4.78, 5) is 25.9. The van der Waals surface area contributed by atoms with Gasteiger partial charge in [-0.1, -0.05) is 86.0 Å². The smallest absolute Gasteiger partial charge is 0.309 e. The largest absolute Gasteiger partial charge is 0.463 e. The molecule has 1 aliphatic carbocycles. The molecule has 1 rings (SSSR count). The molecule has 6 nitrogen and oxygen atoms in total. The Balaban J connectivity index is 2.53. The van der Waals surface area contributed by atoms with Crippen molar-refractivity contribution in [3.63, 3.8) is 0 Å². The van der Waals surface area contributed by atoms with Crippen molar-refractivity contribution in [2.24, 2.45) is 29.6 Å². The fraction of sp³-hybridized carbons (Fsp3) is 0.935. The van der Waals surface area contributed by atoms with Gasteiger partial charge >= 0.3 is 11.9 Å². The molecule has 0 saturated heterocycles. The molecular formula is C31H58O6. The highest BCUT2D eigenvalue weighted by Crippen LogP contribution is 2.38. The first kappa shape index (κ1) is 33.9. The predicted octanol–water partition coefficient (Wildman–Crippen LogP) is 7.37. The van der Waals surface area contributed by atoms with Gasteiger partial charge in [0.05, 0.1) is 25.0 Å². The summed E-state index contributed by atoms with van der Waals surface area (Å²) < 4.78 is 22.1. The number of esters is 2. The van der Waals surface area contributed by atoms with Crippen LogP contribution in [0.15, 0.2) is 0 Å². The Bertz CT molecular complexity index is 578. The van der Waals surface area contributed by atoms with E-state index in [1.165, 1.54) is 32.1 Å². The number of rotatable bonds is 22. The van der Waals surface area contributed by atoms with Crippen molar-refractivity contribution in [2.75, 3.05) is 39.6 Å². The van der Waals surface area contributed by atoms with E-state index in [1.807, 2.05) is 0 Å². The van der Waals surface area contributed by atoms with Gasteiger partial charge in [-0.3, -0.25) is 9.59 Å². The van der Waals surface area contributed by atoms with Crippen molar-refractivity contribution in [2.45, 2.75) is 118 Å². The second-order valence-electron chi connectivity index (χ2n) is 11.5. The Kier molecular flexibility index (Phi) is 19.9. The van der Waals surface area contributed by atoms with Gasteiger partial charge in [-0.2, -0.15) is 0 Å². The highest BCUT2D eigenvalue weighted by molar-refractivity contribution is 5.82. The minimum Gasteiger partial charge on any atom is -0.463 e. The molecule has 0 aromatic rings. The van der Waals surface area contributed by atoms with Crippen LogP contribution in [0.1, 0.15) is 118 Å². The van der Waals surface area contributed by atoms with E-state index in [4.69, 9.17) is 18.9 Å². The molecule has 6 heteroatoms. The van der Waals surface area contributed by atoms with E-state index in [2.05, 4.69) is 34.6 Å². The first-order chi connectivity index (χ1) is 17.9. The molecule has 0 aliphatic heterocycles. The van der Waals surface area contributed by atoms with Crippen LogP contribution in [0.3, 0.4) is 0 Å². The minimum atomic E-state index is -0.425. The molecule has 1 aliphatic rings. The molecule has 0 radical (unpaired) electrons. The monoisotopic (exact) mass is 526 g/mol. The van der Waals surface area contributed by atoms with E-state index in [1.54, 1.807) is 0 Å². The molecule has 37 heavy (non-hydrogen) atoms.